The highest BCUT2D eigenvalue weighted by atomic mass is 16.3. The molecule has 1 saturated heterocycles. The quantitative estimate of drug-likeness (QED) is 0.440. The van der Waals surface area contributed by atoms with Gasteiger partial charge >= 0.3 is 0 Å². The molecule has 2 aromatic carbocycles. The molecule has 5 rings (SSSR count). The minimum atomic E-state index is -0.427. The molecule has 180 valence electrons. The molecule has 1 aliphatic rings. The second-order valence-corrected chi connectivity index (χ2v) is 8.84. The Bertz CT molecular complexity index is 1560. The fourth-order valence-electron chi connectivity index (χ4n) is 4.40. The van der Waals surface area contributed by atoms with Crippen LogP contribution in [-0.2, 0) is 0 Å². The van der Waals surface area contributed by atoms with Gasteiger partial charge in [-0.2, -0.15) is 10.2 Å². The Labute approximate surface area is 208 Å². The number of hydrogen-bond acceptors (Lipinski definition) is 7. The number of aryl methyl sites for hydroxylation is 1. The van der Waals surface area contributed by atoms with Crippen molar-refractivity contribution in [3.05, 3.63) is 82.3 Å². The SMILES string of the molecule is Cc1cc(=O)nc2c(C#N)c(-c3ccccc3O)cc(-c3ccc(N=NN4CCN(C)CC4)cc3)n12. The molecule has 0 saturated carbocycles. The molecule has 2 aromatic heterocycles. The van der Waals surface area contributed by atoms with Gasteiger partial charge in [-0.25, -0.2) is 0 Å². The van der Waals surface area contributed by atoms with Crippen LogP contribution >= 0.6 is 0 Å². The zero-order chi connectivity index (χ0) is 25.2. The smallest absolute Gasteiger partial charge is 0.273 e. The first-order valence-corrected chi connectivity index (χ1v) is 11.7. The lowest BCUT2D eigenvalue weighted by Gasteiger charge is -2.29. The third kappa shape index (κ3) is 4.42. The van der Waals surface area contributed by atoms with E-state index in [1.165, 1.54) is 6.07 Å². The monoisotopic (exact) mass is 479 g/mol. The van der Waals surface area contributed by atoms with E-state index in [4.69, 9.17) is 0 Å². The minimum absolute atomic E-state index is 0.0407. The van der Waals surface area contributed by atoms with Crippen LogP contribution in [-0.4, -0.2) is 57.6 Å². The highest BCUT2D eigenvalue weighted by Crippen LogP contribution is 2.36. The predicted octanol–water partition coefficient (Wildman–Crippen LogP) is 4.16. The Morgan fingerprint density at radius 3 is 2.42 bits per heavy atom. The summed E-state index contributed by atoms with van der Waals surface area (Å²) in [5.41, 5.74) is 3.98. The maximum atomic E-state index is 12.3. The third-order valence-corrected chi connectivity index (χ3v) is 6.36. The van der Waals surface area contributed by atoms with Crippen molar-refractivity contribution >= 4 is 11.3 Å². The summed E-state index contributed by atoms with van der Waals surface area (Å²) in [7, 11) is 2.09. The Kier molecular flexibility index (Phi) is 6.19. The number of hydrogen-bond donors (Lipinski definition) is 1. The number of aromatic nitrogens is 2. The average Bonchev–Trinajstić information content (AvgIpc) is 2.88. The van der Waals surface area contributed by atoms with Crippen molar-refractivity contribution in [1.29, 1.82) is 5.26 Å². The number of nitriles is 1. The lowest BCUT2D eigenvalue weighted by Crippen LogP contribution is -2.41. The molecular weight excluding hydrogens is 454 g/mol. The van der Waals surface area contributed by atoms with Crippen LogP contribution in [0.4, 0.5) is 5.69 Å². The van der Waals surface area contributed by atoms with Crippen LogP contribution in [0, 0.1) is 18.3 Å². The summed E-state index contributed by atoms with van der Waals surface area (Å²) < 4.78 is 1.80. The summed E-state index contributed by atoms with van der Waals surface area (Å²) in [4.78, 5) is 18.7. The van der Waals surface area contributed by atoms with E-state index >= 15 is 0 Å². The number of fused-ring (bicyclic) bond motifs is 1. The summed E-state index contributed by atoms with van der Waals surface area (Å²) in [6.45, 7) is 5.40. The highest BCUT2D eigenvalue weighted by molar-refractivity contribution is 5.85. The molecule has 9 nitrogen and oxygen atoms in total. The standard InChI is InChI=1S/C27H25N7O2/c1-18-15-26(36)29-27-23(17-28)22(21-5-3-4-6-25(21)35)16-24(34(18)27)19-7-9-20(10-8-19)30-31-33-13-11-32(2)12-14-33/h3-10,15-16,35H,11-14H2,1-2H3. The topological polar surface area (TPSA) is 110 Å². The highest BCUT2D eigenvalue weighted by Gasteiger charge is 2.19. The van der Waals surface area contributed by atoms with Crippen molar-refractivity contribution in [2.45, 2.75) is 6.92 Å². The number of piperazine rings is 1. The van der Waals surface area contributed by atoms with Crippen LogP contribution in [0.2, 0.25) is 0 Å². The van der Waals surface area contributed by atoms with E-state index in [9.17, 15) is 15.2 Å². The normalized spacial score (nSPS) is 14.4. The zero-order valence-electron chi connectivity index (χ0n) is 20.1. The second-order valence-electron chi connectivity index (χ2n) is 8.84. The van der Waals surface area contributed by atoms with E-state index < -0.39 is 5.56 Å². The molecule has 0 amide bonds. The van der Waals surface area contributed by atoms with Crippen molar-refractivity contribution in [1.82, 2.24) is 19.3 Å². The average molecular weight is 480 g/mol. The molecule has 0 bridgehead atoms. The Morgan fingerprint density at radius 2 is 1.72 bits per heavy atom. The molecule has 0 spiro atoms. The first-order chi connectivity index (χ1) is 17.4. The minimum Gasteiger partial charge on any atom is -0.507 e. The summed E-state index contributed by atoms with van der Waals surface area (Å²) >= 11 is 0. The Balaban J connectivity index is 1.62. The van der Waals surface area contributed by atoms with Crippen LogP contribution in [0.1, 0.15) is 11.3 Å². The van der Waals surface area contributed by atoms with Gasteiger partial charge in [0.25, 0.3) is 5.56 Å². The Hall–Kier alpha value is -4.55. The van der Waals surface area contributed by atoms with Crippen LogP contribution in [0.3, 0.4) is 0 Å². The summed E-state index contributed by atoms with van der Waals surface area (Å²) in [5.74, 6) is 0.0407. The molecule has 0 atom stereocenters. The molecule has 4 aromatic rings. The zero-order valence-corrected chi connectivity index (χ0v) is 20.1. The van der Waals surface area contributed by atoms with Gasteiger partial charge in [0.05, 0.1) is 24.5 Å². The van der Waals surface area contributed by atoms with Gasteiger partial charge in [0, 0.05) is 36.0 Å². The lowest BCUT2D eigenvalue weighted by molar-refractivity contribution is 0.150. The van der Waals surface area contributed by atoms with Crippen molar-refractivity contribution in [2.24, 2.45) is 10.3 Å². The van der Waals surface area contributed by atoms with E-state index in [0.717, 1.165) is 43.1 Å². The fraction of sp³-hybridized carbons (Fsp3) is 0.222. The number of rotatable bonds is 4. The summed E-state index contributed by atoms with van der Waals surface area (Å²) in [6.07, 6.45) is 0. The fourth-order valence-corrected chi connectivity index (χ4v) is 4.40. The number of phenolic OH excluding ortho intramolecular Hbond substituents is 1. The van der Waals surface area contributed by atoms with Gasteiger partial charge in [0.15, 0.2) is 5.65 Å². The molecule has 36 heavy (non-hydrogen) atoms. The van der Waals surface area contributed by atoms with Crippen molar-refractivity contribution < 1.29 is 5.11 Å². The molecule has 3 heterocycles. The maximum Gasteiger partial charge on any atom is 0.273 e. The van der Waals surface area contributed by atoms with E-state index in [1.54, 1.807) is 35.6 Å². The maximum absolute atomic E-state index is 12.3. The molecule has 1 aliphatic heterocycles. The van der Waals surface area contributed by atoms with E-state index in [0.29, 0.717) is 16.8 Å². The van der Waals surface area contributed by atoms with Crippen LogP contribution in [0.15, 0.2) is 75.8 Å². The first kappa shape index (κ1) is 23.2. The Morgan fingerprint density at radius 1 is 1.00 bits per heavy atom. The number of pyridine rings is 1. The number of benzene rings is 2. The van der Waals surface area contributed by atoms with Gasteiger partial charge in [-0.05, 0) is 43.8 Å². The van der Waals surface area contributed by atoms with E-state index in [1.807, 2.05) is 35.3 Å². The van der Waals surface area contributed by atoms with Gasteiger partial charge in [0.1, 0.15) is 17.4 Å². The molecule has 9 heteroatoms. The third-order valence-electron chi connectivity index (χ3n) is 6.36. The largest absolute Gasteiger partial charge is 0.507 e. The van der Waals surface area contributed by atoms with Crippen molar-refractivity contribution in [2.75, 3.05) is 33.2 Å². The number of nitrogens with zero attached hydrogens (tertiary/aromatic N) is 7. The summed E-state index contributed by atoms with van der Waals surface area (Å²) in [5, 5.41) is 31.2. The van der Waals surface area contributed by atoms with E-state index in [2.05, 4.69) is 33.3 Å². The molecule has 1 fully saturated rings. The van der Waals surface area contributed by atoms with Gasteiger partial charge in [-0.3, -0.25) is 14.2 Å². The van der Waals surface area contributed by atoms with Crippen molar-refractivity contribution in [3.63, 3.8) is 0 Å². The van der Waals surface area contributed by atoms with Crippen LogP contribution < -0.4 is 5.56 Å². The lowest BCUT2D eigenvalue weighted by atomic mass is 9.97. The van der Waals surface area contributed by atoms with Crippen LogP contribution in [0.5, 0.6) is 5.75 Å². The van der Waals surface area contributed by atoms with Crippen molar-refractivity contribution in [3.8, 4) is 34.2 Å². The van der Waals surface area contributed by atoms with Crippen LogP contribution in [0.25, 0.3) is 28.0 Å². The van der Waals surface area contributed by atoms with Gasteiger partial charge in [-0.1, -0.05) is 35.6 Å². The number of phenols is 1. The van der Waals surface area contributed by atoms with Gasteiger partial charge < -0.3 is 10.0 Å². The predicted molar refractivity (Wildman–Crippen MR) is 137 cm³/mol. The molecule has 0 aliphatic carbocycles. The van der Waals surface area contributed by atoms with Gasteiger partial charge in [0.2, 0.25) is 0 Å². The molecule has 0 radical (unpaired) electrons. The van der Waals surface area contributed by atoms with Gasteiger partial charge in [-0.15, -0.1) is 5.11 Å². The molecule has 1 N–H and O–H groups in total. The molecule has 0 unspecified atom stereocenters. The number of likely N-dealkylation sites (N-methyl/N-ethyl adjacent to an activating group) is 1. The second kappa shape index (κ2) is 9.60. The number of aromatic hydroxyl groups is 1. The van der Waals surface area contributed by atoms with E-state index in [-0.39, 0.29) is 17.0 Å². The molecular formula is C27H25N7O2. The summed E-state index contributed by atoms with van der Waals surface area (Å²) in [6, 6.07) is 19.9. The first-order valence-electron chi connectivity index (χ1n) is 11.7. The number of para-hydroxylation sites is 1.